The maximum atomic E-state index is 11.9. The van der Waals surface area contributed by atoms with Crippen LogP contribution in [0.1, 0.15) is 32.3 Å². The van der Waals surface area contributed by atoms with Gasteiger partial charge in [-0.1, -0.05) is 23.7 Å². The van der Waals surface area contributed by atoms with Crippen molar-refractivity contribution in [2.24, 2.45) is 11.5 Å². The van der Waals surface area contributed by atoms with Crippen LogP contribution in [0.15, 0.2) is 24.3 Å². The number of hydrogen-bond acceptors (Lipinski definition) is 3. The molecule has 0 aromatic heterocycles. The third-order valence-corrected chi connectivity index (χ3v) is 3.35. The Balaban J connectivity index is 2.93. The SMILES string of the molecule is CC(N)CCC(=O)NC(C)(C(N)=O)c1cccc(Cl)c1. The Kier molecular flexibility index (Phi) is 5.53. The molecule has 0 saturated heterocycles. The summed E-state index contributed by atoms with van der Waals surface area (Å²) in [6.07, 6.45) is 0.775. The standard InChI is InChI=1S/C14H20ClN3O2/c1-9(16)6-7-12(19)18-14(2,13(17)20)10-4-3-5-11(15)8-10/h3-5,8-9H,6-7,16H2,1-2H3,(H2,17,20)(H,18,19). The molecule has 1 aromatic carbocycles. The lowest BCUT2D eigenvalue weighted by atomic mass is 9.91. The van der Waals surface area contributed by atoms with Gasteiger partial charge in [0.05, 0.1) is 0 Å². The molecule has 2 unspecified atom stereocenters. The highest BCUT2D eigenvalue weighted by atomic mass is 35.5. The van der Waals surface area contributed by atoms with Crippen LogP contribution in [0, 0.1) is 0 Å². The minimum atomic E-state index is -1.29. The number of carbonyl (C=O) groups excluding carboxylic acids is 2. The summed E-state index contributed by atoms with van der Waals surface area (Å²) in [5.41, 5.74) is 10.3. The molecular formula is C14H20ClN3O2. The van der Waals surface area contributed by atoms with Crippen LogP contribution in [0.5, 0.6) is 0 Å². The van der Waals surface area contributed by atoms with Gasteiger partial charge in [0.25, 0.3) is 0 Å². The number of nitrogens with one attached hydrogen (secondary N) is 1. The number of nitrogens with two attached hydrogens (primary N) is 2. The number of benzene rings is 1. The van der Waals surface area contributed by atoms with Crippen LogP contribution in [0.3, 0.4) is 0 Å². The highest BCUT2D eigenvalue weighted by Gasteiger charge is 2.34. The first-order valence-electron chi connectivity index (χ1n) is 6.38. The van der Waals surface area contributed by atoms with Gasteiger partial charge in [-0.15, -0.1) is 0 Å². The highest BCUT2D eigenvalue weighted by molar-refractivity contribution is 6.30. The number of primary amides is 1. The molecule has 0 aliphatic rings. The van der Waals surface area contributed by atoms with E-state index in [1.807, 2.05) is 6.92 Å². The number of rotatable bonds is 6. The van der Waals surface area contributed by atoms with Crippen LogP contribution in [0.2, 0.25) is 5.02 Å². The van der Waals surface area contributed by atoms with Gasteiger partial charge >= 0.3 is 0 Å². The van der Waals surface area contributed by atoms with E-state index in [2.05, 4.69) is 5.32 Å². The maximum Gasteiger partial charge on any atom is 0.247 e. The second kappa shape index (κ2) is 6.72. The first kappa shape index (κ1) is 16.5. The van der Waals surface area contributed by atoms with Crippen LogP contribution in [0.25, 0.3) is 0 Å². The molecule has 0 aliphatic heterocycles. The van der Waals surface area contributed by atoms with E-state index in [0.29, 0.717) is 17.0 Å². The lowest BCUT2D eigenvalue weighted by molar-refractivity contribution is -0.131. The fourth-order valence-corrected chi connectivity index (χ4v) is 1.97. The van der Waals surface area contributed by atoms with E-state index in [-0.39, 0.29) is 18.4 Å². The molecule has 0 heterocycles. The van der Waals surface area contributed by atoms with Crippen molar-refractivity contribution in [1.82, 2.24) is 5.32 Å². The van der Waals surface area contributed by atoms with Gasteiger partial charge in [-0.25, -0.2) is 0 Å². The van der Waals surface area contributed by atoms with Crippen LogP contribution in [-0.2, 0) is 15.1 Å². The van der Waals surface area contributed by atoms with E-state index in [4.69, 9.17) is 23.1 Å². The summed E-state index contributed by atoms with van der Waals surface area (Å²) in [5, 5.41) is 3.14. The molecule has 0 saturated carbocycles. The average Bonchev–Trinajstić information content (AvgIpc) is 2.36. The van der Waals surface area contributed by atoms with Gasteiger partial charge in [-0.05, 0) is 38.0 Å². The molecule has 2 atom stereocenters. The average molecular weight is 298 g/mol. The van der Waals surface area contributed by atoms with Crippen molar-refractivity contribution in [2.75, 3.05) is 0 Å². The van der Waals surface area contributed by atoms with Crippen LogP contribution >= 0.6 is 11.6 Å². The minimum Gasteiger partial charge on any atom is -0.367 e. The second-order valence-electron chi connectivity index (χ2n) is 5.06. The third-order valence-electron chi connectivity index (χ3n) is 3.11. The van der Waals surface area contributed by atoms with Crippen molar-refractivity contribution in [3.8, 4) is 0 Å². The first-order valence-corrected chi connectivity index (χ1v) is 6.76. The van der Waals surface area contributed by atoms with Crippen molar-refractivity contribution in [3.63, 3.8) is 0 Å². The summed E-state index contributed by atoms with van der Waals surface area (Å²) in [5.74, 6) is -0.919. The number of hydrogen-bond donors (Lipinski definition) is 3. The zero-order chi connectivity index (χ0) is 15.3. The molecule has 6 heteroatoms. The quantitative estimate of drug-likeness (QED) is 0.737. The number of amides is 2. The molecule has 5 nitrogen and oxygen atoms in total. The molecular weight excluding hydrogens is 278 g/mol. The summed E-state index contributed by atoms with van der Waals surface area (Å²) in [6, 6.07) is 6.62. The summed E-state index contributed by atoms with van der Waals surface area (Å²) in [4.78, 5) is 23.7. The Morgan fingerprint density at radius 1 is 1.45 bits per heavy atom. The van der Waals surface area contributed by atoms with Crippen LogP contribution in [-0.4, -0.2) is 17.9 Å². The number of halogens is 1. The van der Waals surface area contributed by atoms with Gasteiger partial charge in [0, 0.05) is 17.5 Å². The molecule has 110 valence electrons. The largest absolute Gasteiger partial charge is 0.367 e. The smallest absolute Gasteiger partial charge is 0.247 e. The zero-order valence-corrected chi connectivity index (χ0v) is 12.4. The third kappa shape index (κ3) is 4.21. The Morgan fingerprint density at radius 3 is 2.60 bits per heavy atom. The zero-order valence-electron chi connectivity index (χ0n) is 11.7. The Bertz CT molecular complexity index is 505. The second-order valence-corrected chi connectivity index (χ2v) is 5.50. The van der Waals surface area contributed by atoms with Gasteiger partial charge in [0.2, 0.25) is 11.8 Å². The van der Waals surface area contributed by atoms with Crippen molar-refractivity contribution in [3.05, 3.63) is 34.9 Å². The van der Waals surface area contributed by atoms with Crippen LogP contribution in [0.4, 0.5) is 0 Å². The van der Waals surface area contributed by atoms with Crippen molar-refractivity contribution in [1.29, 1.82) is 0 Å². The molecule has 1 rings (SSSR count). The lowest BCUT2D eigenvalue weighted by Gasteiger charge is -2.28. The van der Waals surface area contributed by atoms with Crippen molar-refractivity contribution < 1.29 is 9.59 Å². The predicted octanol–water partition coefficient (Wildman–Crippen LogP) is 1.28. The molecule has 2 amide bonds. The summed E-state index contributed by atoms with van der Waals surface area (Å²) in [7, 11) is 0. The Morgan fingerprint density at radius 2 is 2.10 bits per heavy atom. The van der Waals surface area contributed by atoms with E-state index in [9.17, 15) is 9.59 Å². The highest BCUT2D eigenvalue weighted by Crippen LogP contribution is 2.23. The van der Waals surface area contributed by atoms with Gasteiger partial charge in [-0.2, -0.15) is 0 Å². The molecule has 0 radical (unpaired) electrons. The summed E-state index contributed by atoms with van der Waals surface area (Å²) < 4.78 is 0. The van der Waals surface area contributed by atoms with E-state index in [0.717, 1.165) is 0 Å². The predicted molar refractivity (Wildman–Crippen MR) is 79.0 cm³/mol. The summed E-state index contributed by atoms with van der Waals surface area (Å²) in [6.45, 7) is 3.38. The van der Waals surface area contributed by atoms with Gasteiger partial charge in [0.15, 0.2) is 0 Å². The maximum absolute atomic E-state index is 11.9. The lowest BCUT2D eigenvalue weighted by Crippen LogP contribution is -2.52. The van der Waals surface area contributed by atoms with Crippen molar-refractivity contribution >= 4 is 23.4 Å². The Labute approximate surface area is 123 Å². The van der Waals surface area contributed by atoms with E-state index < -0.39 is 11.4 Å². The van der Waals surface area contributed by atoms with Gasteiger partial charge in [0.1, 0.15) is 5.54 Å². The van der Waals surface area contributed by atoms with Crippen LogP contribution < -0.4 is 16.8 Å². The molecule has 0 fully saturated rings. The fourth-order valence-electron chi connectivity index (χ4n) is 1.78. The normalized spacial score (nSPS) is 15.2. The molecule has 5 N–H and O–H groups in total. The van der Waals surface area contributed by atoms with Gasteiger partial charge in [-0.3, -0.25) is 9.59 Å². The van der Waals surface area contributed by atoms with E-state index in [1.54, 1.807) is 31.2 Å². The van der Waals surface area contributed by atoms with Crippen molar-refractivity contribution in [2.45, 2.75) is 38.3 Å². The van der Waals surface area contributed by atoms with Gasteiger partial charge < -0.3 is 16.8 Å². The number of carbonyl (C=O) groups is 2. The molecule has 0 bridgehead atoms. The van der Waals surface area contributed by atoms with E-state index in [1.165, 1.54) is 0 Å². The first-order chi connectivity index (χ1) is 9.25. The molecule has 0 aliphatic carbocycles. The van der Waals surface area contributed by atoms with E-state index >= 15 is 0 Å². The molecule has 20 heavy (non-hydrogen) atoms. The minimum absolute atomic E-state index is 0.0771. The Hall–Kier alpha value is -1.59. The monoisotopic (exact) mass is 297 g/mol. The summed E-state index contributed by atoms with van der Waals surface area (Å²) >= 11 is 5.91. The topological polar surface area (TPSA) is 98.2 Å². The molecule has 1 aromatic rings. The fraction of sp³-hybridized carbons (Fsp3) is 0.429. The molecule has 0 spiro atoms.